The van der Waals surface area contributed by atoms with E-state index in [-0.39, 0.29) is 24.0 Å². The summed E-state index contributed by atoms with van der Waals surface area (Å²) < 4.78 is 11.4. The molecule has 0 aromatic heterocycles. The fourth-order valence-electron chi connectivity index (χ4n) is 3.33. The smallest absolute Gasteiger partial charge is 0.224 e. The van der Waals surface area contributed by atoms with Gasteiger partial charge in [0.05, 0.1) is 19.1 Å². The van der Waals surface area contributed by atoms with E-state index in [0.29, 0.717) is 13.2 Å². The van der Waals surface area contributed by atoms with E-state index >= 15 is 0 Å². The van der Waals surface area contributed by atoms with E-state index in [2.05, 4.69) is 5.32 Å². The summed E-state index contributed by atoms with van der Waals surface area (Å²) in [6.45, 7) is 3.90. The molecule has 3 rings (SSSR count). The average molecular weight is 318 g/mol. The van der Waals surface area contributed by atoms with Crippen molar-refractivity contribution in [1.82, 2.24) is 5.32 Å². The van der Waals surface area contributed by atoms with Crippen LogP contribution in [0.25, 0.3) is 0 Å². The minimum atomic E-state index is -0.0481. The number of hydrogen-bond acceptors (Lipinski definition) is 4. The largest absolute Gasteiger partial charge is 0.488 e. The molecular weight excluding hydrogens is 292 g/mol. The SMILES string of the molecule is Cc1ccc(CNC(=O)[C@@H]2CCC[C@@H]2N)c(O[C@@H]2CCOC2)c1. The molecule has 0 radical (unpaired) electrons. The molecule has 1 aliphatic carbocycles. The molecule has 1 amide bonds. The minimum absolute atomic E-state index is 0.000578. The Hall–Kier alpha value is -1.59. The summed E-state index contributed by atoms with van der Waals surface area (Å²) >= 11 is 0. The summed E-state index contributed by atoms with van der Waals surface area (Å²) in [4.78, 5) is 12.3. The lowest BCUT2D eigenvalue weighted by Crippen LogP contribution is -2.38. The highest BCUT2D eigenvalue weighted by Crippen LogP contribution is 2.26. The van der Waals surface area contributed by atoms with Crippen LogP contribution in [0.15, 0.2) is 18.2 Å². The lowest BCUT2D eigenvalue weighted by Gasteiger charge is -2.18. The molecule has 5 heteroatoms. The van der Waals surface area contributed by atoms with Crippen LogP contribution in [-0.2, 0) is 16.1 Å². The molecule has 126 valence electrons. The number of amides is 1. The molecule has 3 atom stereocenters. The van der Waals surface area contributed by atoms with Crippen molar-refractivity contribution in [3.05, 3.63) is 29.3 Å². The van der Waals surface area contributed by atoms with Crippen LogP contribution in [0.4, 0.5) is 0 Å². The number of rotatable bonds is 5. The van der Waals surface area contributed by atoms with Crippen molar-refractivity contribution in [3.63, 3.8) is 0 Å². The standard InChI is InChI=1S/C18H26N2O3/c1-12-5-6-13(17(9-12)23-14-7-8-22-11-14)10-20-18(21)15-3-2-4-16(15)19/h5-6,9,14-16H,2-4,7-8,10-11,19H2,1H3,(H,20,21)/t14-,15-,16+/m1/s1. The molecule has 1 saturated carbocycles. The molecule has 1 aromatic rings. The Morgan fingerprint density at radius 2 is 2.26 bits per heavy atom. The second-order valence-electron chi connectivity index (χ2n) is 6.63. The molecule has 1 aromatic carbocycles. The Morgan fingerprint density at radius 3 is 2.96 bits per heavy atom. The molecule has 2 fully saturated rings. The molecule has 2 aliphatic rings. The van der Waals surface area contributed by atoms with Crippen molar-refractivity contribution >= 4 is 5.91 Å². The Kier molecular flexibility index (Phi) is 5.18. The lowest BCUT2D eigenvalue weighted by molar-refractivity contribution is -0.125. The number of carbonyl (C=O) groups is 1. The summed E-state index contributed by atoms with van der Waals surface area (Å²) in [6.07, 6.45) is 3.90. The number of aryl methyl sites for hydroxylation is 1. The maximum atomic E-state index is 12.3. The van der Waals surface area contributed by atoms with Crippen LogP contribution in [0.2, 0.25) is 0 Å². The second-order valence-corrected chi connectivity index (χ2v) is 6.63. The van der Waals surface area contributed by atoms with E-state index in [9.17, 15) is 4.79 Å². The Morgan fingerprint density at radius 1 is 1.39 bits per heavy atom. The fourth-order valence-corrected chi connectivity index (χ4v) is 3.33. The van der Waals surface area contributed by atoms with E-state index in [1.165, 1.54) is 0 Å². The first-order valence-electron chi connectivity index (χ1n) is 8.50. The highest BCUT2D eigenvalue weighted by molar-refractivity contribution is 5.79. The molecule has 1 saturated heterocycles. The van der Waals surface area contributed by atoms with Gasteiger partial charge in [0.15, 0.2) is 0 Å². The van der Waals surface area contributed by atoms with Crippen molar-refractivity contribution in [2.24, 2.45) is 11.7 Å². The predicted molar refractivity (Wildman–Crippen MR) is 88.2 cm³/mol. The predicted octanol–water partition coefficient (Wildman–Crippen LogP) is 1.91. The van der Waals surface area contributed by atoms with Crippen LogP contribution in [0.3, 0.4) is 0 Å². The van der Waals surface area contributed by atoms with Crippen LogP contribution in [0.1, 0.15) is 36.8 Å². The third kappa shape index (κ3) is 4.03. The molecule has 0 spiro atoms. The highest BCUT2D eigenvalue weighted by atomic mass is 16.5. The normalized spacial score (nSPS) is 27.1. The summed E-state index contributed by atoms with van der Waals surface area (Å²) in [5.41, 5.74) is 8.16. The Balaban J connectivity index is 1.63. The van der Waals surface area contributed by atoms with Gasteiger partial charge in [0.2, 0.25) is 5.91 Å². The van der Waals surface area contributed by atoms with Gasteiger partial charge in [-0.15, -0.1) is 0 Å². The van der Waals surface area contributed by atoms with E-state index in [1.807, 2.05) is 25.1 Å². The van der Waals surface area contributed by atoms with Gasteiger partial charge in [-0.2, -0.15) is 0 Å². The first kappa shape index (κ1) is 16.3. The molecule has 5 nitrogen and oxygen atoms in total. The van der Waals surface area contributed by atoms with Crippen molar-refractivity contribution in [1.29, 1.82) is 0 Å². The van der Waals surface area contributed by atoms with Crippen LogP contribution < -0.4 is 15.8 Å². The maximum absolute atomic E-state index is 12.3. The van der Waals surface area contributed by atoms with Crippen LogP contribution >= 0.6 is 0 Å². The van der Waals surface area contributed by atoms with Crippen molar-refractivity contribution in [3.8, 4) is 5.75 Å². The summed E-state index contributed by atoms with van der Waals surface area (Å²) in [5.74, 6) is 0.857. The summed E-state index contributed by atoms with van der Waals surface area (Å²) in [6, 6.07) is 6.09. The van der Waals surface area contributed by atoms with Crippen molar-refractivity contribution in [2.45, 2.75) is 51.3 Å². The first-order valence-corrected chi connectivity index (χ1v) is 8.50. The van der Waals surface area contributed by atoms with E-state index in [4.69, 9.17) is 15.2 Å². The molecule has 23 heavy (non-hydrogen) atoms. The molecular formula is C18H26N2O3. The maximum Gasteiger partial charge on any atom is 0.224 e. The average Bonchev–Trinajstić information content (AvgIpc) is 3.18. The zero-order chi connectivity index (χ0) is 16.2. The van der Waals surface area contributed by atoms with Crippen molar-refractivity contribution in [2.75, 3.05) is 13.2 Å². The van der Waals surface area contributed by atoms with Crippen LogP contribution in [0.5, 0.6) is 5.75 Å². The second kappa shape index (κ2) is 7.32. The summed E-state index contributed by atoms with van der Waals surface area (Å²) in [5, 5.41) is 3.03. The zero-order valence-electron chi connectivity index (χ0n) is 13.7. The highest BCUT2D eigenvalue weighted by Gasteiger charge is 2.30. The van der Waals surface area contributed by atoms with Gasteiger partial charge in [-0.3, -0.25) is 4.79 Å². The van der Waals surface area contributed by atoms with Gasteiger partial charge in [0.1, 0.15) is 11.9 Å². The third-order valence-electron chi connectivity index (χ3n) is 4.76. The Labute approximate surface area is 137 Å². The van der Waals surface area contributed by atoms with Crippen LogP contribution in [-0.4, -0.2) is 31.3 Å². The lowest BCUT2D eigenvalue weighted by atomic mass is 10.0. The number of nitrogens with two attached hydrogens (primary N) is 1. The number of hydrogen-bond donors (Lipinski definition) is 2. The van der Waals surface area contributed by atoms with Gasteiger partial charge >= 0.3 is 0 Å². The van der Waals surface area contributed by atoms with Crippen molar-refractivity contribution < 1.29 is 14.3 Å². The monoisotopic (exact) mass is 318 g/mol. The fraction of sp³-hybridized carbons (Fsp3) is 0.611. The van der Waals surface area contributed by atoms with Gasteiger partial charge < -0.3 is 20.5 Å². The molecule has 3 N–H and O–H groups in total. The summed E-state index contributed by atoms with van der Waals surface area (Å²) in [7, 11) is 0. The first-order chi connectivity index (χ1) is 11.1. The zero-order valence-corrected chi connectivity index (χ0v) is 13.7. The van der Waals surface area contributed by atoms with Gasteiger partial charge in [-0.05, 0) is 31.4 Å². The van der Waals surface area contributed by atoms with Gasteiger partial charge in [-0.1, -0.05) is 18.6 Å². The number of carbonyl (C=O) groups excluding carboxylic acids is 1. The third-order valence-corrected chi connectivity index (χ3v) is 4.76. The topological polar surface area (TPSA) is 73.6 Å². The molecule has 1 heterocycles. The molecule has 0 unspecified atom stereocenters. The number of ether oxygens (including phenoxy) is 2. The van der Waals surface area contributed by atoms with Gasteiger partial charge in [0, 0.05) is 24.6 Å². The van der Waals surface area contributed by atoms with Gasteiger partial charge in [-0.25, -0.2) is 0 Å². The van der Waals surface area contributed by atoms with Crippen LogP contribution in [0, 0.1) is 12.8 Å². The number of nitrogens with one attached hydrogen (secondary N) is 1. The molecule has 1 aliphatic heterocycles. The van der Waals surface area contributed by atoms with E-state index < -0.39 is 0 Å². The quantitative estimate of drug-likeness (QED) is 0.870. The van der Waals surface area contributed by atoms with E-state index in [0.717, 1.165) is 49.2 Å². The van der Waals surface area contributed by atoms with Gasteiger partial charge in [0.25, 0.3) is 0 Å². The number of benzene rings is 1. The minimum Gasteiger partial charge on any atom is -0.488 e. The Bertz CT molecular complexity index is 555. The van der Waals surface area contributed by atoms with E-state index in [1.54, 1.807) is 0 Å². The molecule has 0 bridgehead atoms.